The van der Waals surface area contributed by atoms with Crippen LogP contribution in [0.4, 0.5) is 5.69 Å². The first-order valence-electron chi connectivity index (χ1n) is 9.15. The monoisotopic (exact) mass is 380 g/mol. The number of anilines is 1. The third kappa shape index (κ3) is 3.26. The minimum absolute atomic E-state index is 0.198. The maximum Gasteiger partial charge on any atom is 0.293 e. The molecule has 0 spiro atoms. The molecule has 0 radical (unpaired) electrons. The standard InChI is InChI=1S/C19H20N6OS/c26-19(21-15-4-2-1-3-5-15)18-23-22-16-8-13-9-24(10-14(13)11-25(16)18)12-17-20-6-7-27-17/h1-7,13-14H,8-12H2,(H,21,26)/t13-,14+/m1/s1. The van der Waals surface area contributed by atoms with Crippen molar-refractivity contribution in [3.05, 3.63) is 58.6 Å². The van der Waals surface area contributed by atoms with Crippen molar-refractivity contribution in [2.24, 2.45) is 11.8 Å². The lowest BCUT2D eigenvalue weighted by atomic mass is 9.89. The molecule has 1 aromatic carbocycles. The van der Waals surface area contributed by atoms with Crippen LogP contribution in [0.3, 0.4) is 0 Å². The summed E-state index contributed by atoms with van der Waals surface area (Å²) in [7, 11) is 0. The van der Waals surface area contributed by atoms with E-state index in [4.69, 9.17) is 0 Å². The van der Waals surface area contributed by atoms with Crippen molar-refractivity contribution in [1.82, 2.24) is 24.6 Å². The predicted octanol–water partition coefficient (Wildman–Crippen LogP) is 2.29. The largest absolute Gasteiger partial charge is 0.319 e. The average Bonchev–Trinajstić information content (AvgIpc) is 3.40. The summed E-state index contributed by atoms with van der Waals surface area (Å²) >= 11 is 1.71. The molecule has 1 amide bonds. The van der Waals surface area contributed by atoms with Crippen molar-refractivity contribution in [3.63, 3.8) is 0 Å². The number of benzene rings is 1. The number of nitrogens with one attached hydrogen (secondary N) is 1. The number of carbonyl (C=O) groups is 1. The van der Waals surface area contributed by atoms with Crippen molar-refractivity contribution in [2.45, 2.75) is 19.5 Å². The Bertz CT molecular complexity index is 939. The maximum absolute atomic E-state index is 12.7. The van der Waals surface area contributed by atoms with Crippen molar-refractivity contribution < 1.29 is 4.79 Å². The lowest BCUT2D eigenvalue weighted by Gasteiger charge is -2.25. The molecule has 0 unspecified atom stereocenters. The Hall–Kier alpha value is -2.58. The van der Waals surface area contributed by atoms with Crippen LogP contribution < -0.4 is 5.32 Å². The molecule has 3 aromatic rings. The Kier molecular flexibility index (Phi) is 4.21. The first-order chi connectivity index (χ1) is 13.3. The summed E-state index contributed by atoms with van der Waals surface area (Å²) in [5.74, 6) is 2.23. The first-order valence-corrected chi connectivity index (χ1v) is 10.0. The van der Waals surface area contributed by atoms with Gasteiger partial charge in [0.2, 0.25) is 5.82 Å². The fourth-order valence-electron chi connectivity index (χ4n) is 4.15. The molecule has 2 aliphatic heterocycles. The van der Waals surface area contributed by atoms with Gasteiger partial charge in [-0.3, -0.25) is 9.69 Å². The summed E-state index contributed by atoms with van der Waals surface area (Å²) < 4.78 is 2.01. The van der Waals surface area contributed by atoms with Crippen LogP contribution in [0, 0.1) is 11.8 Å². The van der Waals surface area contributed by atoms with Gasteiger partial charge in [0.15, 0.2) is 0 Å². The minimum atomic E-state index is -0.198. The second kappa shape index (κ2) is 6.86. The molecule has 27 heavy (non-hydrogen) atoms. The molecule has 0 bridgehead atoms. The third-order valence-corrected chi connectivity index (χ3v) is 6.18. The van der Waals surface area contributed by atoms with E-state index in [0.29, 0.717) is 17.7 Å². The molecule has 138 valence electrons. The summed E-state index contributed by atoms with van der Waals surface area (Å²) in [4.78, 5) is 19.5. The normalized spacial score (nSPS) is 21.6. The van der Waals surface area contributed by atoms with Gasteiger partial charge in [-0.1, -0.05) is 18.2 Å². The molecule has 2 atom stereocenters. The van der Waals surface area contributed by atoms with Crippen molar-refractivity contribution in [1.29, 1.82) is 0 Å². The second-order valence-electron chi connectivity index (χ2n) is 7.21. The predicted molar refractivity (Wildman–Crippen MR) is 102 cm³/mol. The highest BCUT2D eigenvalue weighted by Gasteiger charge is 2.39. The Labute approximate surface area is 161 Å². The zero-order valence-corrected chi connectivity index (χ0v) is 15.6. The van der Waals surface area contributed by atoms with E-state index in [-0.39, 0.29) is 5.91 Å². The van der Waals surface area contributed by atoms with E-state index in [9.17, 15) is 4.79 Å². The van der Waals surface area contributed by atoms with Crippen molar-refractivity contribution in [3.8, 4) is 0 Å². The van der Waals surface area contributed by atoms with Gasteiger partial charge in [-0.15, -0.1) is 21.5 Å². The van der Waals surface area contributed by atoms with E-state index in [1.54, 1.807) is 11.3 Å². The molecule has 5 rings (SSSR count). The van der Waals surface area contributed by atoms with Crippen LogP contribution >= 0.6 is 11.3 Å². The van der Waals surface area contributed by atoms with Crippen LogP contribution in [0.5, 0.6) is 0 Å². The fraction of sp³-hybridized carbons (Fsp3) is 0.368. The van der Waals surface area contributed by atoms with Crippen LogP contribution in [0.25, 0.3) is 0 Å². The molecule has 0 aliphatic carbocycles. The smallest absolute Gasteiger partial charge is 0.293 e. The molecule has 2 aromatic heterocycles. The summed E-state index contributed by atoms with van der Waals surface area (Å²) in [5.41, 5.74) is 0.768. The highest BCUT2D eigenvalue weighted by molar-refractivity contribution is 7.09. The van der Waals surface area contributed by atoms with Gasteiger partial charge >= 0.3 is 0 Å². The Balaban J connectivity index is 1.30. The number of carbonyl (C=O) groups excluding carboxylic acids is 1. The minimum Gasteiger partial charge on any atom is -0.319 e. The molecule has 8 heteroatoms. The molecule has 7 nitrogen and oxygen atoms in total. The van der Waals surface area contributed by atoms with Crippen molar-refractivity contribution >= 4 is 22.9 Å². The van der Waals surface area contributed by atoms with Crippen LogP contribution in [0.2, 0.25) is 0 Å². The van der Waals surface area contributed by atoms with Gasteiger partial charge in [-0.25, -0.2) is 4.98 Å². The van der Waals surface area contributed by atoms with E-state index < -0.39 is 0 Å². The van der Waals surface area contributed by atoms with Gasteiger partial charge in [0, 0.05) is 43.3 Å². The lowest BCUT2D eigenvalue weighted by molar-refractivity contribution is 0.100. The second-order valence-corrected chi connectivity index (χ2v) is 8.19. The summed E-state index contributed by atoms with van der Waals surface area (Å²) in [5, 5.41) is 14.6. The Morgan fingerprint density at radius 1 is 1.15 bits per heavy atom. The number of thiazole rings is 1. The molecule has 0 saturated carbocycles. The van der Waals surface area contributed by atoms with Crippen LogP contribution in [-0.4, -0.2) is 43.6 Å². The molecular formula is C19H20N6OS. The third-order valence-electron chi connectivity index (χ3n) is 5.42. The number of nitrogens with zero attached hydrogens (tertiary/aromatic N) is 5. The van der Waals surface area contributed by atoms with E-state index in [0.717, 1.165) is 49.1 Å². The lowest BCUT2D eigenvalue weighted by Crippen LogP contribution is -2.31. The number of amides is 1. The number of rotatable bonds is 4. The van der Waals surface area contributed by atoms with Gasteiger partial charge in [0.1, 0.15) is 10.8 Å². The zero-order valence-electron chi connectivity index (χ0n) is 14.8. The van der Waals surface area contributed by atoms with Crippen LogP contribution in [-0.2, 0) is 19.5 Å². The van der Waals surface area contributed by atoms with Crippen molar-refractivity contribution in [2.75, 3.05) is 18.4 Å². The van der Waals surface area contributed by atoms with Crippen LogP contribution in [0.1, 0.15) is 21.5 Å². The summed E-state index contributed by atoms with van der Waals surface area (Å²) in [6, 6.07) is 9.46. The van der Waals surface area contributed by atoms with E-state index in [1.807, 2.05) is 46.5 Å². The number of hydrogen-bond donors (Lipinski definition) is 1. The molecule has 1 fully saturated rings. The highest BCUT2D eigenvalue weighted by atomic mass is 32.1. The van der Waals surface area contributed by atoms with Gasteiger partial charge in [-0.05, 0) is 24.0 Å². The number of fused-ring (bicyclic) bond motifs is 2. The zero-order chi connectivity index (χ0) is 18.2. The van der Waals surface area contributed by atoms with Gasteiger partial charge in [0.05, 0.1) is 6.54 Å². The molecule has 2 aliphatic rings. The van der Waals surface area contributed by atoms with Gasteiger partial charge < -0.3 is 9.88 Å². The quantitative estimate of drug-likeness (QED) is 0.752. The highest BCUT2D eigenvalue weighted by Crippen LogP contribution is 2.33. The number of likely N-dealkylation sites (tertiary alicyclic amines) is 1. The van der Waals surface area contributed by atoms with E-state index in [2.05, 4.69) is 25.4 Å². The summed E-state index contributed by atoms with van der Waals surface area (Å²) in [6.45, 7) is 3.80. The van der Waals surface area contributed by atoms with Gasteiger partial charge in [-0.2, -0.15) is 0 Å². The molecule has 4 heterocycles. The molecule has 1 N–H and O–H groups in total. The molecular weight excluding hydrogens is 360 g/mol. The van der Waals surface area contributed by atoms with E-state index in [1.165, 1.54) is 0 Å². The van der Waals surface area contributed by atoms with Gasteiger partial charge in [0.25, 0.3) is 5.91 Å². The number of aromatic nitrogens is 4. The van der Waals surface area contributed by atoms with Crippen LogP contribution in [0.15, 0.2) is 41.9 Å². The first kappa shape index (κ1) is 16.6. The van der Waals surface area contributed by atoms with E-state index >= 15 is 0 Å². The average molecular weight is 380 g/mol. The number of hydrogen-bond acceptors (Lipinski definition) is 6. The Morgan fingerprint density at radius 3 is 2.81 bits per heavy atom. The Morgan fingerprint density at radius 2 is 2.00 bits per heavy atom. The fourth-order valence-corrected chi connectivity index (χ4v) is 4.81. The molecule has 1 saturated heterocycles. The topological polar surface area (TPSA) is 75.9 Å². The maximum atomic E-state index is 12.7. The SMILES string of the molecule is O=C(Nc1ccccc1)c1nnc2n1C[C@@H]1CN(Cc3nccs3)C[C@H]1C2. The summed E-state index contributed by atoms with van der Waals surface area (Å²) in [6.07, 6.45) is 2.74. The number of para-hydroxylation sites is 1.